The molecule has 0 amide bonds. The molecule has 0 saturated heterocycles. The van der Waals surface area contributed by atoms with Gasteiger partial charge in [0.25, 0.3) is 0 Å². The fourth-order valence-corrected chi connectivity index (χ4v) is 3.02. The van der Waals surface area contributed by atoms with Crippen LogP contribution in [0.4, 0.5) is 16.6 Å². The van der Waals surface area contributed by atoms with Crippen molar-refractivity contribution in [3.05, 3.63) is 59.1 Å². The molecule has 7 heteroatoms. The Kier molecular flexibility index (Phi) is 4.93. The van der Waals surface area contributed by atoms with Gasteiger partial charge in [0.2, 0.25) is 5.88 Å². The summed E-state index contributed by atoms with van der Waals surface area (Å²) in [7, 11) is 1.59. The Morgan fingerprint density at radius 3 is 2.71 bits per heavy atom. The van der Waals surface area contributed by atoms with Gasteiger partial charge in [0.05, 0.1) is 18.8 Å². The van der Waals surface area contributed by atoms with Gasteiger partial charge in [-0.1, -0.05) is 18.2 Å². The third-order valence-electron chi connectivity index (χ3n) is 3.50. The number of aromatic nitrogens is 2. The van der Waals surface area contributed by atoms with Crippen LogP contribution >= 0.6 is 11.3 Å². The van der Waals surface area contributed by atoms with Gasteiger partial charge >= 0.3 is 0 Å². The van der Waals surface area contributed by atoms with E-state index in [1.54, 1.807) is 13.2 Å². The highest BCUT2D eigenvalue weighted by molar-refractivity contribution is 7.13. The van der Waals surface area contributed by atoms with E-state index in [0.29, 0.717) is 18.1 Å². The number of hydrogen-bond acceptors (Lipinski definition) is 7. The lowest BCUT2D eigenvalue weighted by Crippen LogP contribution is -2.13. The second-order valence-electron chi connectivity index (χ2n) is 5.32. The lowest BCUT2D eigenvalue weighted by Gasteiger charge is -2.09. The Bertz CT molecular complexity index is 803. The monoisotopic (exact) mass is 341 g/mol. The number of rotatable bonds is 6. The molecule has 0 aliphatic rings. The molecule has 0 fully saturated rings. The molecular weight excluding hydrogens is 322 g/mol. The lowest BCUT2D eigenvalue weighted by atomic mass is 10.0. The molecule has 0 spiro atoms. The van der Waals surface area contributed by atoms with Gasteiger partial charge in [0.15, 0.2) is 5.13 Å². The maximum Gasteiger partial charge on any atom is 0.214 e. The van der Waals surface area contributed by atoms with Crippen LogP contribution in [0.5, 0.6) is 5.88 Å². The molecule has 2 aromatic heterocycles. The Balaban J connectivity index is 1.66. The molecule has 24 heavy (non-hydrogen) atoms. The van der Waals surface area contributed by atoms with Crippen LogP contribution in [0.15, 0.2) is 47.8 Å². The molecule has 5 N–H and O–H groups in total. The molecule has 6 nitrogen and oxygen atoms in total. The Labute approximate surface area is 144 Å². The SMILES string of the molecule is COc1cccc(Nc2nc(C(N)Cc3ccc(N)cc3)cs2)n1. The second-order valence-corrected chi connectivity index (χ2v) is 6.18. The van der Waals surface area contributed by atoms with Crippen molar-refractivity contribution < 1.29 is 4.74 Å². The lowest BCUT2D eigenvalue weighted by molar-refractivity contribution is 0.398. The fraction of sp³-hybridized carbons (Fsp3) is 0.176. The van der Waals surface area contributed by atoms with E-state index in [1.807, 2.05) is 41.8 Å². The number of thiazole rings is 1. The number of nitrogens with zero attached hydrogens (tertiary/aromatic N) is 2. The first-order valence-corrected chi connectivity index (χ1v) is 8.35. The Hall–Kier alpha value is -2.64. The van der Waals surface area contributed by atoms with E-state index in [9.17, 15) is 0 Å². The van der Waals surface area contributed by atoms with E-state index in [2.05, 4.69) is 15.3 Å². The molecule has 0 radical (unpaired) electrons. The average Bonchev–Trinajstić information content (AvgIpc) is 3.06. The van der Waals surface area contributed by atoms with Crippen molar-refractivity contribution in [2.45, 2.75) is 12.5 Å². The molecule has 0 aliphatic carbocycles. The van der Waals surface area contributed by atoms with Gasteiger partial charge < -0.3 is 21.5 Å². The van der Waals surface area contributed by atoms with Crippen LogP contribution < -0.4 is 21.5 Å². The number of ether oxygens (including phenoxy) is 1. The van der Waals surface area contributed by atoms with E-state index in [-0.39, 0.29) is 6.04 Å². The fourth-order valence-electron chi connectivity index (χ4n) is 2.23. The summed E-state index contributed by atoms with van der Waals surface area (Å²) in [5.41, 5.74) is 14.7. The topological polar surface area (TPSA) is 99.1 Å². The van der Waals surface area contributed by atoms with E-state index >= 15 is 0 Å². The second kappa shape index (κ2) is 7.29. The highest BCUT2D eigenvalue weighted by Gasteiger charge is 2.12. The highest BCUT2D eigenvalue weighted by Crippen LogP contribution is 2.25. The molecule has 1 atom stereocenters. The minimum Gasteiger partial charge on any atom is -0.481 e. The summed E-state index contributed by atoms with van der Waals surface area (Å²) in [6.07, 6.45) is 0.709. The first kappa shape index (κ1) is 16.2. The van der Waals surface area contributed by atoms with Gasteiger partial charge in [-0.2, -0.15) is 4.98 Å². The molecule has 2 heterocycles. The molecule has 3 rings (SSSR count). The first-order valence-electron chi connectivity index (χ1n) is 7.47. The summed E-state index contributed by atoms with van der Waals surface area (Å²) in [5, 5.41) is 5.88. The van der Waals surface area contributed by atoms with E-state index in [1.165, 1.54) is 11.3 Å². The zero-order valence-electron chi connectivity index (χ0n) is 13.3. The van der Waals surface area contributed by atoms with Crippen molar-refractivity contribution in [2.24, 2.45) is 5.73 Å². The number of benzene rings is 1. The minimum atomic E-state index is -0.168. The van der Waals surface area contributed by atoms with E-state index < -0.39 is 0 Å². The number of hydrogen-bond donors (Lipinski definition) is 3. The summed E-state index contributed by atoms with van der Waals surface area (Å²) >= 11 is 1.50. The highest BCUT2D eigenvalue weighted by atomic mass is 32.1. The molecule has 124 valence electrons. The van der Waals surface area contributed by atoms with Crippen molar-refractivity contribution >= 4 is 28.0 Å². The van der Waals surface area contributed by atoms with Crippen LogP contribution in [-0.4, -0.2) is 17.1 Å². The van der Waals surface area contributed by atoms with Gasteiger partial charge in [0, 0.05) is 17.1 Å². The number of methoxy groups -OCH3 is 1. The number of nitrogens with two attached hydrogens (primary N) is 2. The molecule has 0 aliphatic heterocycles. The quantitative estimate of drug-likeness (QED) is 0.596. The van der Waals surface area contributed by atoms with Crippen molar-refractivity contribution in [1.82, 2.24) is 9.97 Å². The molecule has 0 saturated carbocycles. The van der Waals surface area contributed by atoms with Crippen molar-refractivity contribution in [3.8, 4) is 5.88 Å². The van der Waals surface area contributed by atoms with Gasteiger partial charge in [-0.3, -0.25) is 0 Å². The van der Waals surface area contributed by atoms with Gasteiger partial charge in [0.1, 0.15) is 5.82 Å². The van der Waals surface area contributed by atoms with Crippen LogP contribution in [-0.2, 0) is 6.42 Å². The summed E-state index contributed by atoms with van der Waals surface area (Å²) in [6.45, 7) is 0. The van der Waals surface area contributed by atoms with Gasteiger partial charge in [-0.15, -0.1) is 11.3 Å². The van der Waals surface area contributed by atoms with Crippen LogP contribution in [0.3, 0.4) is 0 Å². The van der Waals surface area contributed by atoms with Crippen molar-refractivity contribution in [2.75, 3.05) is 18.2 Å². The van der Waals surface area contributed by atoms with Crippen LogP contribution in [0.2, 0.25) is 0 Å². The summed E-state index contributed by atoms with van der Waals surface area (Å²) in [5.74, 6) is 1.24. The third kappa shape index (κ3) is 4.01. The van der Waals surface area contributed by atoms with E-state index in [4.69, 9.17) is 16.2 Å². The molecule has 3 aromatic rings. The largest absolute Gasteiger partial charge is 0.481 e. The van der Waals surface area contributed by atoms with Crippen LogP contribution in [0, 0.1) is 0 Å². The summed E-state index contributed by atoms with van der Waals surface area (Å²) < 4.78 is 5.11. The maximum absolute atomic E-state index is 6.27. The van der Waals surface area contributed by atoms with E-state index in [0.717, 1.165) is 22.1 Å². The van der Waals surface area contributed by atoms with Crippen LogP contribution in [0.25, 0.3) is 0 Å². The minimum absolute atomic E-state index is 0.168. The zero-order valence-corrected chi connectivity index (χ0v) is 14.1. The predicted molar refractivity (Wildman–Crippen MR) is 97.7 cm³/mol. The number of nitrogen functional groups attached to an aromatic ring is 1. The first-order chi connectivity index (χ1) is 11.6. The zero-order chi connectivity index (χ0) is 16.9. The van der Waals surface area contributed by atoms with Gasteiger partial charge in [-0.05, 0) is 30.2 Å². The maximum atomic E-state index is 6.27. The van der Waals surface area contributed by atoms with Crippen molar-refractivity contribution in [3.63, 3.8) is 0 Å². The number of nitrogens with one attached hydrogen (secondary N) is 1. The third-order valence-corrected chi connectivity index (χ3v) is 4.28. The average molecular weight is 341 g/mol. The van der Waals surface area contributed by atoms with Crippen LogP contribution in [0.1, 0.15) is 17.3 Å². The predicted octanol–water partition coefficient (Wildman–Crippen LogP) is 3.12. The molecule has 1 unspecified atom stereocenters. The smallest absolute Gasteiger partial charge is 0.214 e. The normalized spacial score (nSPS) is 11.9. The van der Waals surface area contributed by atoms with Gasteiger partial charge in [-0.25, -0.2) is 4.98 Å². The van der Waals surface area contributed by atoms with Crippen molar-refractivity contribution in [1.29, 1.82) is 0 Å². The Morgan fingerprint density at radius 1 is 1.17 bits per heavy atom. The number of anilines is 3. The Morgan fingerprint density at radius 2 is 1.96 bits per heavy atom. The molecule has 1 aromatic carbocycles. The molecule has 0 bridgehead atoms. The number of pyridine rings is 1. The molecular formula is C17H19N5OS. The standard InChI is InChI=1S/C17H19N5OS/c1-23-16-4-2-3-15(21-16)22-17-20-14(10-24-17)13(19)9-11-5-7-12(18)8-6-11/h2-8,10,13H,9,18-19H2,1H3,(H,20,21,22). The summed E-state index contributed by atoms with van der Waals surface area (Å²) in [6, 6.07) is 13.1. The summed E-state index contributed by atoms with van der Waals surface area (Å²) in [4.78, 5) is 8.86.